The van der Waals surface area contributed by atoms with E-state index >= 15 is 0 Å². The van der Waals surface area contributed by atoms with Crippen molar-refractivity contribution in [1.82, 2.24) is 10.6 Å². The summed E-state index contributed by atoms with van der Waals surface area (Å²) in [4.78, 5) is 0. The molecule has 0 saturated carbocycles. The maximum Gasteiger partial charge on any atom is 0.0298 e. The summed E-state index contributed by atoms with van der Waals surface area (Å²) in [5, 5.41) is 7.42. The molecule has 2 aliphatic heterocycles. The Kier molecular flexibility index (Phi) is 6.56. The lowest BCUT2D eigenvalue weighted by atomic mass is 9.68. The van der Waals surface area contributed by atoms with Crippen molar-refractivity contribution < 1.29 is 0 Å². The molecular formula is C18H34I2N2. The summed E-state index contributed by atoms with van der Waals surface area (Å²) in [6, 6.07) is 0.692. The Hall–Kier alpha value is 1.38. The number of nitrogens with one attached hydrogen (secondary N) is 2. The van der Waals surface area contributed by atoms with E-state index in [4.69, 9.17) is 0 Å². The number of hydrogen-bond acceptors (Lipinski definition) is 2. The van der Waals surface area contributed by atoms with Gasteiger partial charge in [-0.25, -0.2) is 0 Å². The van der Waals surface area contributed by atoms with Crippen molar-refractivity contribution in [2.45, 2.75) is 73.7 Å². The van der Waals surface area contributed by atoms with Gasteiger partial charge in [0.2, 0.25) is 0 Å². The van der Waals surface area contributed by atoms with Crippen LogP contribution in [0.3, 0.4) is 0 Å². The van der Waals surface area contributed by atoms with Gasteiger partial charge in [-0.15, -0.1) is 0 Å². The standard InChI is InChI=1S/C18H34I2N2/c1-16(2,3)14-12-22-13(10-15(14)19)11-17(4,5)18(20)6-8-21-9-7-18/h13-15,21-22H,6-12H2,1-5H3. The first kappa shape index (κ1) is 19.7. The van der Waals surface area contributed by atoms with Crippen LogP contribution >= 0.6 is 45.2 Å². The monoisotopic (exact) mass is 532 g/mol. The van der Waals surface area contributed by atoms with Gasteiger partial charge in [0.05, 0.1) is 0 Å². The summed E-state index contributed by atoms with van der Waals surface area (Å²) >= 11 is 5.50. The summed E-state index contributed by atoms with van der Waals surface area (Å²) in [5.74, 6) is 0.792. The van der Waals surface area contributed by atoms with E-state index in [2.05, 4.69) is 90.4 Å². The minimum atomic E-state index is 0.401. The van der Waals surface area contributed by atoms with Gasteiger partial charge < -0.3 is 10.6 Å². The quantitative estimate of drug-likeness (QED) is 0.404. The Morgan fingerprint density at radius 2 is 1.68 bits per heavy atom. The average molecular weight is 532 g/mol. The molecule has 2 N–H and O–H groups in total. The normalized spacial score (nSPS) is 33.7. The molecule has 22 heavy (non-hydrogen) atoms. The van der Waals surface area contributed by atoms with Crippen LogP contribution in [-0.2, 0) is 0 Å². The summed E-state index contributed by atoms with van der Waals surface area (Å²) in [6.45, 7) is 15.7. The SMILES string of the molecule is CC(C)(C)C1CNC(CC(C)(C)C2(I)CCNCC2)CC1I. The van der Waals surface area contributed by atoms with Crippen molar-refractivity contribution in [3.8, 4) is 0 Å². The van der Waals surface area contributed by atoms with Crippen LogP contribution in [0.4, 0.5) is 0 Å². The lowest BCUT2D eigenvalue weighted by Crippen LogP contribution is -2.53. The number of hydrogen-bond donors (Lipinski definition) is 2. The molecule has 0 bridgehead atoms. The van der Waals surface area contributed by atoms with Gasteiger partial charge >= 0.3 is 0 Å². The zero-order chi connectivity index (χ0) is 16.6. The third-order valence-electron chi connectivity index (χ3n) is 6.05. The van der Waals surface area contributed by atoms with Crippen LogP contribution in [-0.4, -0.2) is 33.0 Å². The average Bonchev–Trinajstić information content (AvgIpc) is 2.37. The van der Waals surface area contributed by atoms with Crippen LogP contribution < -0.4 is 10.6 Å². The van der Waals surface area contributed by atoms with E-state index in [0.29, 0.717) is 20.3 Å². The molecule has 2 aliphatic rings. The van der Waals surface area contributed by atoms with E-state index in [1.54, 1.807) is 0 Å². The van der Waals surface area contributed by atoms with Crippen molar-refractivity contribution in [1.29, 1.82) is 0 Å². The maximum absolute atomic E-state index is 3.89. The molecule has 0 radical (unpaired) electrons. The first-order chi connectivity index (χ1) is 10.1. The van der Waals surface area contributed by atoms with E-state index in [1.165, 1.54) is 45.3 Å². The third kappa shape index (κ3) is 4.51. The third-order valence-corrected chi connectivity index (χ3v) is 9.97. The molecule has 0 aromatic rings. The maximum atomic E-state index is 3.89. The van der Waals surface area contributed by atoms with Gasteiger partial charge in [0.1, 0.15) is 0 Å². The summed E-state index contributed by atoms with van der Waals surface area (Å²) in [5.41, 5.74) is 0.817. The first-order valence-electron chi connectivity index (χ1n) is 8.82. The molecule has 0 aromatic heterocycles. The summed E-state index contributed by atoms with van der Waals surface area (Å²) in [6.07, 6.45) is 5.26. The molecule has 130 valence electrons. The Morgan fingerprint density at radius 1 is 1.09 bits per heavy atom. The van der Waals surface area contributed by atoms with Crippen molar-refractivity contribution >= 4 is 45.2 Å². The number of halogens is 2. The fourth-order valence-electron chi connectivity index (χ4n) is 4.24. The van der Waals surface area contributed by atoms with E-state index in [0.717, 1.165) is 9.84 Å². The Labute approximate surface area is 165 Å². The van der Waals surface area contributed by atoms with E-state index in [-0.39, 0.29) is 0 Å². The highest BCUT2D eigenvalue weighted by molar-refractivity contribution is 14.1. The molecule has 0 spiro atoms. The van der Waals surface area contributed by atoms with E-state index < -0.39 is 0 Å². The zero-order valence-electron chi connectivity index (χ0n) is 14.9. The molecule has 3 unspecified atom stereocenters. The van der Waals surface area contributed by atoms with Crippen LogP contribution in [0.2, 0.25) is 0 Å². The molecule has 2 nitrogen and oxygen atoms in total. The van der Waals surface area contributed by atoms with Gasteiger partial charge in [0, 0.05) is 13.4 Å². The molecule has 4 heteroatoms. The lowest BCUT2D eigenvalue weighted by molar-refractivity contribution is 0.137. The Morgan fingerprint density at radius 3 is 2.18 bits per heavy atom. The van der Waals surface area contributed by atoms with Gasteiger partial charge in [-0.05, 0) is 62.1 Å². The molecule has 2 rings (SSSR count). The van der Waals surface area contributed by atoms with Crippen LogP contribution in [0.15, 0.2) is 0 Å². The number of alkyl halides is 2. The molecule has 3 atom stereocenters. The van der Waals surface area contributed by atoms with Gasteiger partial charge in [-0.1, -0.05) is 79.8 Å². The second kappa shape index (κ2) is 7.32. The van der Waals surface area contributed by atoms with Gasteiger partial charge in [0.25, 0.3) is 0 Å². The topological polar surface area (TPSA) is 24.1 Å². The van der Waals surface area contributed by atoms with Gasteiger partial charge in [0.15, 0.2) is 0 Å². The van der Waals surface area contributed by atoms with Crippen LogP contribution in [0.5, 0.6) is 0 Å². The Bertz CT molecular complexity index is 370. The van der Waals surface area contributed by atoms with Crippen molar-refractivity contribution in [3.05, 3.63) is 0 Å². The van der Waals surface area contributed by atoms with E-state index in [9.17, 15) is 0 Å². The fourth-order valence-corrected chi connectivity index (χ4v) is 6.95. The minimum absolute atomic E-state index is 0.401. The molecule has 0 amide bonds. The fraction of sp³-hybridized carbons (Fsp3) is 1.00. The molecule has 2 saturated heterocycles. The molecule has 0 aliphatic carbocycles. The predicted octanol–water partition coefficient (Wildman–Crippen LogP) is 4.79. The molecule has 2 heterocycles. The first-order valence-corrected chi connectivity index (χ1v) is 11.1. The van der Waals surface area contributed by atoms with Gasteiger partial charge in [-0.2, -0.15) is 0 Å². The zero-order valence-corrected chi connectivity index (χ0v) is 19.3. The highest BCUT2D eigenvalue weighted by atomic mass is 127. The highest BCUT2D eigenvalue weighted by Gasteiger charge is 2.45. The summed E-state index contributed by atoms with van der Waals surface area (Å²) < 4.78 is 1.26. The lowest BCUT2D eigenvalue weighted by Gasteiger charge is -2.49. The summed E-state index contributed by atoms with van der Waals surface area (Å²) in [7, 11) is 0. The molecular weight excluding hydrogens is 498 g/mol. The number of rotatable bonds is 3. The highest BCUT2D eigenvalue weighted by Crippen LogP contribution is 2.49. The van der Waals surface area contributed by atoms with Crippen LogP contribution in [0, 0.1) is 16.7 Å². The van der Waals surface area contributed by atoms with Crippen molar-refractivity contribution in [3.63, 3.8) is 0 Å². The second-order valence-corrected chi connectivity index (χ2v) is 12.8. The minimum Gasteiger partial charge on any atom is -0.317 e. The second-order valence-electron chi connectivity index (χ2n) is 9.13. The largest absolute Gasteiger partial charge is 0.317 e. The predicted molar refractivity (Wildman–Crippen MR) is 114 cm³/mol. The van der Waals surface area contributed by atoms with E-state index in [1.807, 2.05) is 0 Å². The van der Waals surface area contributed by atoms with Crippen LogP contribution in [0.25, 0.3) is 0 Å². The molecule has 0 aromatic carbocycles. The Balaban J connectivity index is 1.96. The van der Waals surface area contributed by atoms with Crippen molar-refractivity contribution in [2.75, 3.05) is 19.6 Å². The van der Waals surface area contributed by atoms with Crippen LogP contribution in [0.1, 0.15) is 60.3 Å². The van der Waals surface area contributed by atoms with Crippen molar-refractivity contribution in [2.24, 2.45) is 16.7 Å². The smallest absolute Gasteiger partial charge is 0.0298 e. The van der Waals surface area contributed by atoms with Gasteiger partial charge in [-0.3, -0.25) is 0 Å². The molecule has 2 fully saturated rings. The number of piperidine rings is 2.